The zero-order chi connectivity index (χ0) is 6.69. The molecule has 0 aliphatic rings. The Labute approximate surface area is 51.1 Å². The Bertz CT molecular complexity index is 179. The van der Waals surface area contributed by atoms with Gasteiger partial charge in [-0.15, -0.1) is 0 Å². The van der Waals surface area contributed by atoms with E-state index in [1.165, 1.54) is 12.3 Å². The van der Waals surface area contributed by atoms with Crippen molar-refractivity contribution in [2.24, 2.45) is 0 Å². The number of nitrogens with zero attached hydrogens (tertiary/aromatic N) is 2. The van der Waals surface area contributed by atoms with Crippen molar-refractivity contribution in [1.82, 2.24) is 9.97 Å². The molecule has 46 valence electrons. The zero-order valence-corrected chi connectivity index (χ0v) is 4.46. The van der Waals surface area contributed by atoms with Crippen LogP contribution >= 0.6 is 0 Å². The molecule has 0 radical (unpaired) electrons. The van der Waals surface area contributed by atoms with Crippen molar-refractivity contribution < 1.29 is 8.63 Å². The highest BCUT2D eigenvalue weighted by Gasteiger charge is 2.16. The fourth-order valence-corrected chi connectivity index (χ4v) is 0.430. The van der Waals surface area contributed by atoms with Gasteiger partial charge >= 0.3 is 7.27 Å². The Kier molecular flexibility index (Phi) is 1.72. The third-order valence-electron chi connectivity index (χ3n) is 0.828. The SMILES string of the molecule is FB(F)c1ccncn1. The predicted molar refractivity (Wildman–Crippen MR) is 29.6 cm³/mol. The molecule has 0 aliphatic carbocycles. The number of hydrogen-bond acceptors (Lipinski definition) is 2. The second-order valence-corrected chi connectivity index (χ2v) is 1.43. The molecule has 0 unspecified atom stereocenters. The first-order valence-corrected chi connectivity index (χ1v) is 2.35. The molecular formula is C4H3BF2N2. The molecule has 9 heavy (non-hydrogen) atoms. The fraction of sp³-hybridized carbons (Fsp3) is 0. The minimum Gasteiger partial charge on any atom is -0.279 e. The molecule has 0 atom stereocenters. The molecule has 1 aromatic heterocycles. The zero-order valence-electron chi connectivity index (χ0n) is 4.46. The second-order valence-electron chi connectivity index (χ2n) is 1.43. The van der Waals surface area contributed by atoms with Crippen LogP contribution in [0.1, 0.15) is 0 Å². The van der Waals surface area contributed by atoms with Crippen molar-refractivity contribution in [3.8, 4) is 0 Å². The van der Waals surface area contributed by atoms with Crippen molar-refractivity contribution in [2.45, 2.75) is 0 Å². The first-order chi connectivity index (χ1) is 4.30. The van der Waals surface area contributed by atoms with Crippen LogP contribution in [0.2, 0.25) is 0 Å². The first-order valence-electron chi connectivity index (χ1n) is 2.35. The lowest BCUT2D eigenvalue weighted by Gasteiger charge is -1.88. The minimum atomic E-state index is -2.49. The van der Waals surface area contributed by atoms with Crippen molar-refractivity contribution >= 4 is 12.9 Å². The lowest BCUT2D eigenvalue weighted by atomic mass is 9.93. The fourth-order valence-electron chi connectivity index (χ4n) is 0.430. The minimum absolute atomic E-state index is 0.231. The maximum Gasteiger partial charge on any atom is 0.590 e. The number of aromatic nitrogens is 2. The number of hydrogen-bond donors (Lipinski definition) is 0. The summed E-state index contributed by atoms with van der Waals surface area (Å²) < 4.78 is 23.4. The highest BCUT2D eigenvalue weighted by atomic mass is 19.2. The maximum absolute atomic E-state index is 11.7. The average molecular weight is 128 g/mol. The lowest BCUT2D eigenvalue weighted by molar-refractivity contribution is 0.681. The van der Waals surface area contributed by atoms with Gasteiger partial charge in [0.25, 0.3) is 0 Å². The van der Waals surface area contributed by atoms with E-state index in [4.69, 9.17) is 0 Å². The highest BCUT2D eigenvalue weighted by molar-refractivity contribution is 6.58. The third-order valence-corrected chi connectivity index (χ3v) is 0.828. The Morgan fingerprint density at radius 2 is 2.22 bits per heavy atom. The van der Waals surface area contributed by atoms with Crippen LogP contribution in [0.4, 0.5) is 8.63 Å². The van der Waals surface area contributed by atoms with Crippen LogP contribution in [0.3, 0.4) is 0 Å². The van der Waals surface area contributed by atoms with E-state index >= 15 is 0 Å². The van der Waals surface area contributed by atoms with Crippen LogP contribution in [0.5, 0.6) is 0 Å². The summed E-state index contributed by atoms with van der Waals surface area (Å²) in [6.07, 6.45) is 2.38. The van der Waals surface area contributed by atoms with Crippen LogP contribution in [0.25, 0.3) is 0 Å². The van der Waals surface area contributed by atoms with Gasteiger partial charge in [-0.2, -0.15) is 0 Å². The van der Waals surface area contributed by atoms with Gasteiger partial charge in [-0.1, -0.05) is 0 Å². The quantitative estimate of drug-likeness (QED) is 0.501. The summed E-state index contributed by atoms with van der Waals surface area (Å²) in [5.74, 6) is 0. The summed E-state index contributed by atoms with van der Waals surface area (Å²) in [6.45, 7) is 0. The summed E-state index contributed by atoms with van der Waals surface area (Å²) >= 11 is 0. The van der Waals surface area contributed by atoms with Gasteiger partial charge in [0.2, 0.25) is 0 Å². The Morgan fingerprint density at radius 3 is 2.56 bits per heavy atom. The first kappa shape index (κ1) is 6.13. The molecule has 0 fully saturated rings. The molecule has 1 aromatic rings. The molecule has 0 spiro atoms. The molecule has 0 aliphatic heterocycles. The van der Waals surface area contributed by atoms with Crippen molar-refractivity contribution in [1.29, 1.82) is 0 Å². The Morgan fingerprint density at radius 1 is 1.44 bits per heavy atom. The summed E-state index contributed by atoms with van der Waals surface area (Å²) in [7, 11) is -2.49. The smallest absolute Gasteiger partial charge is 0.279 e. The largest absolute Gasteiger partial charge is 0.590 e. The van der Waals surface area contributed by atoms with Gasteiger partial charge in [-0.05, 0) is 6.07 Å². The van der Waals surface area contributed by atoms with Gasteiger partial charge in [0.15, 0.2) is 0 Å². The molecule has 0 bridgehead atoms. The van der Waals surface area contributed by atoms with Gasteiger partial charge in [-0.3, -0.25) is 8.63 Å². The Hall–Kier alpha value is -0.995. The van der Waals surface area contributed by atoms with E-state index in [0.717, 1.165) is 6.33 Å². The monoisotopic (exact) mass is 128 g/mol. The molecule has 1 rings (SSSR count). The van der Waals surface area contributed by atoms with Gasteiger partial charge in [0.1, 0.15) is 6.33 Å². The highest BCUT2D eigenvalue weighted by Crippen LogP contribution is 1.83. The summed E-state index contributed by atoms with van der Waals surface area (Å²) in [6, 6.07) is 1.19. The van der Waals surface area contributed by atoms with E-state index in [0.29, 0.717) is 0 Å². The van der Waals surface area contributed by atoms with Gasteiger partial charge < -0.3 is 0 Å². The van der Waals surface area contributed by atoms with Crippen LogP contribution < -0.4 is 5.59 Å². The molecule has 0 N–H and O–H groups in total. The van der Waals surface area contributed by atoms with E-state index in [1.807, 2.05) is 0 Å². The van der Waals surface area contributed by atoms with Crippen LogP contribution in [-0.4, -0.2) is 17.2 Å². The van der Waals surface area contributed by atoms with Crippen molar-refractivity contribution in [3.05, 3.63) is 18.6 Å². The topological polar surface area (TPSA) is 25.8 Å². The lowest BCUT2D eigenvalue weighted by Crippen LogP contribution is -2.23. The molecule has 0 amide bonds. The van der Waals surface area contributed by atoms with E-state index < -0.39 is 7.27 Å². The van der Waals surface area contributed by atoms with E-state index in [1.54, 1.807) is 0 Å². The van der Waals surface area contributed by atoms with Crippen LogP contribution in [0.15, 0.2) is 18.6 Å². The predicted octanol–water partition coefficient (Wildman–Crippen LogP) is 0.111. The number of rotatable bonds is 1. The molecule has 2 nitrogen and oxygen atoms in total. The molecule has 1 heterocycles. The van der Waals surface area contributed by atoms with Gasteiger partial charge in [0, 0.05) is 6.20 Å². The van der Waals surface area contributed by atoms with E-state index in [2.05, 4.69) is 9.97 Å². The van der Waals surface area contributed by atoms with Crippen LogP contribution in [0, 0.1) is 0 Å². The summed E-state index contributed by atoms with van der Waals surface area (Å²) in [4.78, 5) is 6.80. The standard InChI is InChI=1S/C4H3BF2N2/c6-5(7)4-1-2-8-3-9-4/h1-3H. The summed E-state index contributed by atoms with van der Waals surface area (Å²) in [5.41, 5.74) is -0.231. The van der Waals surface area contributed by atoms with Crippen molar-refractivity contribution in [2.75, 3.05) is 0 Å². The molecule has 0 aromatic carbocycles. The van der Waals surface area contributed by atoms with E-state index in [-0.39, 0.29) is 5.59 Å². The maximum atomic E-state index is 11.7. The molecular weight excluding hydrogens is 125 g/mol. The molecule has 0 saturated heterocycles. The van der Waals surface area contributed by atoms with Crippen LogP contribution in [-0.2, 0) is 0 Å². The second kappa shape index (κ2) is 2.52. The Balaban J connectivity index is 2.85. The van der Waals surface area contributed by atoms with Gasteiger partial charge in [0.05, 0.1) is 5.59 Å². The number of halogens is 2. The summed E-state index contributed by atoms with van der Waals surface area (Å²) in [5, 5.41) is 0. The third kappa shape index (κ3) is 1.45. The average Bonchev–Trinajstić information content (AvgIpc) is 1.90. The van der Waals surface area contributed by atoms with E-state index in [9.17, 15) is 8.63 Å². The van der Waals surface area contributed by atoms with Crippen molar-refractivity contribution in [3.63, 3.8) is 0 Å². The molecule has 5 heteroatoms. The normalized spacial score (nSPS) is 9.11. The van der Waals surface area contributed by atoms with Gasteiger partial charge in [-0.25, -0.2) is 9.97 Å². The molecule has 0 saturated carbocycles.